The number of methoxy groups -OCH3 is 1. The Labute approximate surface area is 211 Å². The number of nitrogens with two attached hydrogens (primary N) is 1. The maximum Gasteiger partial charge on any atom is 0.356 e. The Balaban J connectivity index is 1.34. The largest absolute Gasteiger partial charge is 0.497 e. The first-order valence-corrected chi connectivity index (χ1v) is 12.9. The van der Waals surface area contributed by atoms with Gasteiger partial charge in [0.05, 0.1) is 13.4 Å². The monoisotopic (exact) mass is 508 g/mol. The fourth-order valence-electron chi connectivity index (χ4n) is 3.89. The van der Waals surface area contributed by atoms with Crippen LogP contribution in [-0.2, 0) is 27.5 Å². The molecule has 5 rings (SSSR count). The number of aromatic nitrogens is 2. The van der Waals surface area contributed by atoms with E-state index in [1.165, 1.54) is 16.7 Å². The summed E-state index contributed by atoms with van der Waals surface area (Å²) in [5.41, 5.74) is 8.25. The number of hydrogen-bond acceptors (Lipinski definition) is 8. The van der Waals surface area contributed by atoms with Gasteiger partial charge in [0.2, 0.25) is 5.91 Å². The summed E-state index contributed by atoms with van der Waals surface area (Å²) in [5, 5.41) is -0.243. The van der Waals surface area contributed by atoms with Gasteiger partial charge >= 0.3 is 5.97 Å². The van der Waals surface area contributed by atoms with Crippen LogP contribution in [0.15, 0.2) is 82.7 Å². The highest BCUT2D eigenvalue weighted by Crippen LogP contribution is 2.45. The maximum atomic E-state index is 13.2. The number of imidazole rings is 1. The van der Waals surface area contributed by atoms with Crippen LogP contribution < -0.4 is 10.5 Å². The number of carbonyl (C=O) groups is 2. The normalized spacial score (nSPS) is 19.3. The molecule has 1 aromatic heterocycles. The summed E-state index contributed by atoms with van der Waals surface area (Å²) in [4.78, 5) is 33.1. The second kappa shape index (κ2) is 10.2. The van der Waals surface area contributed by atoms with E-state index in [9.17, 15) is 9.59 Å². The third-order valence-electron chi connectivity index (χ3n) is 5.79. The van der Waals surface area contributed by atoms with Crippen LogP contribution in [0.2, 0.25) is 0 Å². The summed E-state index contributed by atoms with van der Waals surface area (Å²) in [7, 11) is 1.60. The van der Waals surface area contributed by atoms with Gasteiger partial charge in [-0.2, -0.15) is 0 Å². The molecule has 1 fully saturated rings. The quantitative estimate of drug-likeness (QED) is 0.366. The molecule has 0 saturated carbocycles. The molecular formula is C25H24N4O4S2. The second-order valence-electron chi connectivity index (χ2n) is 8.11. The Hall–Kier alpha value is -3.21. The zero-order valence-electron chi connectivity index (χ0n) is 19.0. The van der Waals surface area contributed by atoms with Crippen LogP contribution in [0.3, 0.4) is 0 Å². The number of nitrogens with zero attached hydrogens (tertiary/aromatic N) is 3. The van der Waals surface area contributed by atoms with E-state index in [0.29, 0.717) is 11.4 Å². The molecule has 2 aromatic carbocycles. The number of hydrogen-bond donors (Lipinski definition) is 1. The van der Waals surface area contributed by atoms with Crippen molar-refractivity contribution >= 4 is 35.4 Å². The van der Waals surface area contributed by atoms with E-state index in [1.807, 2.05) is 59.3 Å². The Morgan fingerprint density at radius 3 is 2.60 bits per heavy atom. The number of fused-ring (bicyclic) bond motifs is 1. The first kappa shape index (κ1) is 23.5. The molecule has 2 aliphatic heterocycles. The van der Waals surface area contributed by atoms with E-state index in [4.69, 9.17) is 15.2 Å². The lowest BCUT2D eigenvalue weighted by molar-refractivity contribution is -0.151. The van der Waals surface area contributed by atoms with Crippen LogP contribution in [0.1, 0.15) is 11.1 Å². The number of esters is 1. The molecule has 0 bridgehead atoms. The first-order valence-electron chi connectivity index (χ1n) is 11.0. The van der Waals surface area contributed by atoms with E-state index in [2.05, 4.69) is 4.98 Å². The predicted octanol–water partition coefficient (Wildman–Crippen LogP) is 3.23. The van der Waals surface area contributed by atoms with Gasteiger partial charge in [-0.05, 0) is 35.4 Å². The lowest BCUT2D eigenvalue weighted by atomic mass is 10.1. The Morgan fingerprint density at radius 1 is 1.17 bits per heavy atom. The highest BCUT2D eigenvalue weighted by molar-refractivity contribution is 8.06. The van der Waals surface area contributed by atoms with Gasteiger partial charge in [0.15, 0.2) is 0 Å². The molecule has 3 aromatic rings. The number of thioether (sulfide) groups is 2. The van der Waals surface area contributed by atoms with Crippen molar-refractivity contribution in [2.45, 2.75) is 29.5 Å². The fraction of sp³-hybridized carbons (Fsp3) is 0.240. The maximum absolute atomic E-state index is 13.2. The number of amides is 1. The van der Waals surface area contributed by atoms with Gasteiger partial charge in [-0.3, -0.25) is 9.69 Å². The molecule has 2 atom stereocenters. The molecule has 2 N–H and O–H groups in total. The zero-order valence-corrected chi connectivity index (χ0v) is 20.6. The summed E-state index contributed by atoms with van der Waals surface area (Å²) in [6, 6.07) is 14.8. The molecule has 10 heteroatoms. The number of carbonyl (C=O) groups excluding carboxylic acids is 2. The average Bonchev–Trinajstić information content (AvgIpc) is 3.41. The van der Waals surface area contributed by atoms with E-state index >= 15 is 0 Å². The standard InChI is InChI=1S/C25H24N4O4S2/c1-32-18-6-2-17(3-7-18)13-33-25(31)22-20(14-34-24-21(26)23(30)29(22)24)35-19-8-4-16(5-9-19)12-28-11-10-27-15-28/h2-11,15,21,24H,12-14,26H2,1H3/t21-,24+/m1/s1. The first-order chi connectivity index (χ1) is 17.0. The molecular weight excluding hydrogens is 484 g/mol. The highest BCUT2D eigenvalue weighted by atomic mass is 32.2. The van der Waals surface area contributed by atoms with Crippen molar-refractivity contribution in [2.24, 2.45) is 5.73 Å². The van der Waals surface area contributed by atoms with Crippen molar-refractivity contribution in [1.29, 1.82) is 0 Å². The smallest absolute Gasteiger partial charge is 0.356 e. The molecule has 0 spiro atoms. The van der Waals surface area contributed by atoms with Gasteiger partial charge in [0.25, 0.3) is 0 Å². The molecule has 0 unspecified atom stereocenters. The number of β-lactam (4-membered cyclic amide) rings is 1. The minimum absolute atomic E-state index is 0.0963. The third-order valence-corrected chi connectivity index (χ3v) is 8.36. The molecule has 0 radical (unpaired) electrons. The van der Waals surface area contributed by atoms with Crippen molar-refractivity contribution in [2.75, 3.05) is 12.9 Å². The summed E-state index contributed by atoms with van der Waals surface area (Å²) in [6.45, 7) is 0.827. The molecule has 1 saturated heterocycles. The van der Waals surface area contributed by atoms with Crippen LogP contribution in [0.4, 0.5) is 0 Å². The van der Waals surface area contributed by atoms with Gasteiger partial charge in [0, 0.05) is 34.5 Å². The minimum Gasteiger partial charge on any atom is -0.497 e. The topological polar surface area (TPSA) is 99.7 Å². The van der Waals surface area contributed by atoms with Crippen LogP contribution >= 0.6 is 23.5 Å². The molecule has 8 nitrogen and oxygen atoms in total. The highest BCUT2D eigenvalue weighted by Gasteiger charge is 2.52. The van der Waals surface area contributed by atoms with E-state index in [0.717, 1.165) is 33.2 Å². The SMILES string of the molecule is COc1ccc(COC(=O)C2=C(Sc3ccc(Cn4ccnc4)cc3)CS[C@H]3[C@H](N)C(=O)N23)cc1. The van der Waals surface area contributed by atoms with E-state index < -0.39 is 12.0 Å². The molecule has 1 amide bonds. The zero-order chi connectivity index (χ0) is 24.4. The van der Waals surface area contributed by atoms with Crippen molar-refractivity contribution in [3.63, 3.8) is 0 Å². The molecule has 180 valence electrons. The fourth-order valence-corrected chi connectivity index (χ4v) is 6.31. The summed E-state index contributed by atoms with van der Waals surface area (Å²) >= 11 is 3.04. The van der Waals surface area contributed by atoms with E-state index in [1.54, 1.807) is 31.4 Å². The third kappa shape index (κ3) is 4.95. The summed E-state index contributed by atoms with van der Waals surface area (Å²) < 4.78 is 12.8. The lowest BCUT2D eigenvalue weighted by Gasteiger charge is -2.48. The van der Waals surface area contributed by atoms with Crippen LogP contribution in [0.25, 0.3) is 0 Å². The Bertz CT molecular complexity index is 1240. The summed E-state index contributed by atoms with van der Waals surface area (Å²) in [6.07, 6.45) is 5.45. The molecule has 0 aliphatic carbocycles. The summed E-state index contributed by atoms with van der Waals surface area (Å²) in [5.74, 6) is 0.527. The molecule has 3 heterocycles. The Morgan fingerprint density at radius 2 is 1.91 bits per heavy atom. The number of benzene rings is 2. The van der Waals surface area contributed by atoms with Gasteiger partial charge in [-0.15, -0.1) is 11.8 Å². The van der Waals surface area contributed by atoms with Gasteiger partial charge < -0.3 is 19.8 Å². The number of rotatable bonds is 8. The Kier molecular flexibility index (Phi) is 6.85. The van der Waals surface area contributed by atoms with Gasteiger partial charge in [-0.25, -0.2) is 9.78 Å². The van der Waals surface area contributed by atoms with Crippen molar-refractivity contribution in [3.8, 4) is 5.75 Å². The molecule has 35 heavy (non-hydrogen) atoms. The van der Waals surface area contributed by atoms with Crippen molar-refractivity contribution in [3.05, 3.63) is 89.0 Å². The van der Waals surface area contributed by atoms with Crippen LogP contribution in [0.5, 0.6) is 5.75 Å². The predicted molar refractivity (Wildman–Crippen MR) is 135 cm³/mol. The van der Waals surface area contributed by atoms with E-state index in [-0.39, 0.29) is 17.9 Å². The lowest BCUT2D eigenvalue weighted by Crippen LogP contribution is -2.68. The van der Waals surface area contributed by atoms with Gasteiger partial charge in [0.1, 0.15) is 29.5 Å². The van der Waals surface area contributed by atoms with Crippen LogP contribution in [0, 0.1) is 0 Å². The number of ether oxygens (including phenoxy) is 2. The van der Waals surface area contributed by atoms with Gasteiger partial charge in [-0.1, -0.05) is 36.0 Å². The van der Waals surface area contributed by atoms with Crippen LogP contribution in [-0.4, -0.2) is 50.6 Å². The van der Waals surface area contributed by atoms with Crippen molar-refractivity contribution < 1.29 is 19.1 Å². The van der Waals surface area contributed by atoms with Crippen molar-refractivity contribution in [1.82, 2.24) is 14.5 Å². The average molecular weight is 509 g/mol. The second-order valence-corrected chi connectivity index (χ2v) is 10.4. The molecule has 2 aliphatic rings. The minimum atomic E-state index is -0.599.